The van der Waals surface area contributed by atoms with E-state index in [2.05, 4.69) is 10.3 Å². The summed E-state index contributed by atoms with van der Waals surface area (Å²) in [6.45, 7) is 1.03. The van der Waals surface area contributed by atoms with Gasteiger partial charge in [-0.15, -0.1) is 5.10 Å². The lowest BCUT2D eigenvalue weighted by Crippen LogP contribution is -2.45. The first-order chi connectivity index (χ1) is 11.3. The molecular formula is C15H16F3N5O. The number of nitrogens with zero attached hydrogens (tertiary/aromatic N) is 4. The molecule has 1 fully saturated rings. The topological polar surface area (TPSA) is 77.0 Å². The molecule has 6 nitrogen and oxygen atoms in total. The number of alkyl halides is 3. The van der Waals surface area contributed by atoms with Crippen LogP contribution in [0.4, 0.5) is 13.2 Å². The van der Waals surface area contributed by atoms with Crippen LogP contribution in [0.5, 0.6) is 0 Å². The second-order valence-electron chi connectivity index (χ2n) is 5.75. The molecule has 1 aliphatic rings. The maximum atomic E-state index is 12.8. The molecular weight excluding hydrogens is 323 g/mol. The molecule has 2 aromatic rings. The van der Waals surface area contributed by atoms with Gasteiger partial charge in [0.05, 0.1) is 17.4 Å². The summed E-state index contributed by atoms with van der Waals surface area (Å²) in [5.74, 6) is -0.316. The van der Waals surface area contributed by atoms with Gasteiger partial charge in [0.1, 0.15) is 0 Å². The molecule has 1 aromatic heterocycles. The molecule has 2 N–H and O–H groups in total. The fourth-order valence-corrected chi connectivity index (χ4v) is 2.67. The van der Waals surface area contributed by atoms with Crippen molar-refractivity contribution in [3.8, 4) is 5.69 Å². The highest BCUT2D eigenvalue weighted by molar-refractivity contribution is 5.92. The number of carbonyl (C=O) groups is 1. The van der Waals surface area contributed by atoms with Crippen molar-refractivity contribution in [2.45, 2.75) is 25.1 Å². The minimum atomic E-state index is -4.45. The molecule has 128 valence electrons. The summed E-state index contributed by atoms with van der Waals surface area (Å²) >= 11 is 0. The molecule has 1 atom stereocenters. The van der Waals surface area contributed by atoms with E-state index < -0.39 is 11.7 Å². The number of halogens is 3. The van der Waals surface area contributed by atoms with Gasteiger partial charge in [-0.25, -0.2) is 4.68 Å². The third-order valence-corrected chi connectivity index (χ3v) is 3.90. The zero-order valence-electron chi connectivity index (χ0n) is 12.7. The van der Waals surface area contributed by atoms with Crippen molar-refractivity contribution >= 4 is 5.91 Å². The number of rotatable bonds is 2. The summed E-state index contributed by atoms with van der Waals surface area (Å²) in [6.07, 6.45) is -1.44. The van der Waals surface area contributed by atoms with Gasteiger partial charge < -0.3 is 10.6 Å². The number of hydrogen-bond acceptors (Lipinski definition) is 4. The SMILES string of the molecule is NC1CCCN(C(=O)c2cn(-c3cccc(C(F)(F)F)c3)nn2)C1. The van der Waals surface area contributed by atoms with Crippen LogP contribution in [0.2, 0.25) is 0 Å². The van der Waals surface area contributed by atoms with Crippen molar-refractivity contribution < 1.29 is 18.0 Å². The number of piperidine rings is 1. The number of carbonyl (C=O) groups excluding carboxylic acids is 1. The van der Waals surface area contributed by atoms with E-state index in [0.717, 1.165) is 29.7 Å². The van der Waals surface area contributed by atoms with Crippen molar-refractivity contribution in [2.24, 2.45) is 5.73 Å². The molecule has 1 amide bonds. The second-order valence-corrected chi connectivity index (χ2v) is 5.75. The molecule has 0 saturated carbocycles. The molecule has 0 radical (unpaired) electrons. The maximum Gasteiger partial charge on any atom is 0.416 e. The van der Waals surface area contributed by atoms with Crippen LogP contribution in [0, 0.1) is 0 Å². The Labute approximate surface area is 136 Å². The van der Waals surface area contributed by atoms with Gasteiger partial charge in [-0.05, 0) is 31.0 Å². The quantitative estimate of drug-likeness (QED) is 0.906. The number of amides is 1. The van der Waals surface area contributed by atoms with E-state index in [-0.39, 0.29) is 23.3 Å². The molecule has 9 heteroatoms. The van der Waals surface area contributed by atoms with E-state index >= 15 is 0 Å². The number of nitrogens with two attached hydrogens (primary N) is 1. The van der Waals surface area contributed by atoms with Crippen molar-refractivity contribution in [3.63, 3.8) is 0 Å². The van der Waals surface area contributed by atoms with E-state index in [1.54, 1.807) is 4.90 Å². The lowest BCUT2D eigenvalue weighted by Gasteiger charge is -2.30. The van der Waals surface area contributed by atoms with Gasteiger partial charge in [0, 0.05) is 19.1 Å². The fourth-order valence-electron chi connectivity index (χ4n) is 2.67. The number of aromatic nitrogens is 3. The van der Waals surface area contributed by atoms with Gasteiger partial charge in [0.2, 0.25) is 0 Å². The Kier molecular flexibility index (Phi) is 4.27. The predicted molar refractivity (Wildman–Crippen MR) is 79.5 cm³/mol. The molecule has 2 heterocycles. The number of likely N-dealkylation sites (tertiary alicyclic amines) is 1. The first-order valence-electron chi connectivity index (χ1n) is 7.49. The normalized spacial score (nSPS) is 18.7. The largest absolute Gasteiger partial charge is 0.416 e. The first kappa shape index (κ1) is 16.4. The van der Waals surface area contributed by atoms with E-state index in [9.17, 15) is 18.0 Å². The molecule has 1 saturated heterocycles. The third kappa shape index (κ3) is 3.40. The van der Waals surface area contributed by atoms with Crippen LogP contribution < -0.4 is 5.73 Å². The van der Waals surface area contributed by atoms with Crippen molar-refractivity contribution in [1.29, 1.82) is 0 Å². The highest BCUT2D eigenvalue weighted by Crippen LogP contribution is 2.30. The predicted octanol–water partition coefficient (Wildman–Crippen LogP) is 1.85. The summed E-state index contributed by atoms with van der Waals surface area (Å²) in [6, 6.07) is 4.61. The van der Waals surface area contributed by atoms with Crippen molar-refractivity contribution in [2.75, 3.05) is 13.1 Å². The van der Waals surface area contributed by atoms with Gasteiger partial charge in [-0.3, -0.25) is 4.79 Å². The zero-order chi connectivity index (χ0) is 17.3. The van der Waals surface area contributed by atoms with E-state index in [4.69, 9.17) is 5.73 Å². The van der Waals surface area contributed by atoms with E-state index in [0.29, 0.717) is 13.1 Å². The van der Waals surface area contributed by atoms with Crippen molar-refractivity contribution in [1.82, 2.24) is 19.9 Å². The van der Waals surface area contributed by atoms with Crippen LogP contribution in [0.3, 0.4) is 0 Å². The summed E-state index contributed by atoms with van der Waals surface area (Å²) < 4.78 is 39.5. The first-order valence-corrected chi connectivity index (χ1v) is 7.49. The van der Waals surface area contributed by atoms with Crippen LogP contribution in [0.15, 0.2) is 30.5 Å². The molecule has 1 unspecified atom stereocenters. The third-order valence-electron chi connectivity index (χ3n) is 3.90. The molecule has 1 aromatic carbocycles. The maximum absolute atomic E-state index is 12.8. The number of benzene rings is 1. The van der Waals surface area contributed by atoms with Crippen LogP contribution in [0.1, 0.15) is 28.9 Å². The fraction of sp³-hybridized carbons (Fsp3) is 0.400. The van der Waals surface area contributed by atoms with Gasteiger partial charge in [-0.1, -0.05) is 11.3 Å². The highest BCUT2D eigenvalue weighted by Gasteiger charge is 2.31. The van der Waals surface area contributed by atoms with Crippen molar-refractivity contribution in [3.05, 3.63) is 41.7 Å². The van der Waals surface area contributed by atoms with Gasteiger partial charge in [0.15, 0.2) is 5.69 Å². The average Bonchev–Trinajstić information content (AvgIpc) is 3.03. The van der Waals surface area contributed by atoms with E-state index in [1.165, 1.54) is 18.3 Å². The lowest BCUT2D eigenvalue weighted by molar-refractivity contribution is -0.137. The minimum absolute atomic E-state index is 0.0683. The minimum Gasteiger partial charge on any atom is -0.336 e. The summed E-state index contributed by atoms with van der Waals surface area (Å²) in [5, 5.41) is 7.55. The second kappa shape index (κ2) is 6.23. The van der Waals surface area contributed by atoms with Gasteiger partial charge in [0.25, 0.3) is 5.91 Å². The summed E-state index contributed by atoms with van der Waals surface area (Å²) in [7, 11) is 0. The average molecular weight is 339 g/mol. The van der Waals surface area contributed by atoms with Gasteiger partial charge >= 0.3 is 6.18 Å². The Morgan fingerprint density at radius 2 is 2.12 bits per heavy atom. The standard InChI is InChI=1S/C15H16F3N5O/c16-15(17,18)10-3-1-5-12(7-10)23-9-13(20-21-23)14(24)22-6-2-4-11(19)8-22/h1,3,5,7,9,11H,2,4,6,8,19H2. The molecule has 0 bridgehead atoms. The number of hydrogen-bond donors (Lipinski definition) is 1. The Hall–Kier alpha value is -2.42. The lowest BCUT2D eigenvalue weighted by atomic mass is 10.1. The Morgan fingerprint density at radius 1 is 1.33 bits per heavy atom. The van der Waals surface area contributed by atoms with Crippen LogP contribution in [-0.4, -0.2) is 44.9 Å². The highest BCUT2D eigenvalue weighted by atomic mass is 19.4. The van der Waals surface area contributed by atoms with E-state index in [1.807, 2.05) is 0 Å². The van der Waals surface area contributed by atoms with Crippen LogP contribution >= 0.6 is 0 Å². The Bertz CT molecular complexity index is 743. The zero-order valence-corrected chi connectivity index (χ0v) is 12.7. The molecule has 0 aliphatic carbocycles. The molecule has 0 spiro atoms. The smallest absolute Gasteiger partial charge is 0.336 e. The molecule has 3 rings (SSSR count). The molecule has 1 aliphatic heterocycles. The summed E-state index contributed by atoms with van der Waals surface area (Å²) in [4.78, 5) is 14.0. The Morgan fingerprint density at radius 3 is 2.83 bits per heavy atom. The summed E-state index contributed by atoms with van der Waals surface area (Å²) in [5.41, 5.74) is 5.34. The monoisotopic (exact) mass is 339 g/mol. The Balaban J connectivity index is 1.82. The van der Waals surface area contributed by atoms with Gasteiger partial charge in [-0.2, -0.15) is 13.2 Å². The molecule has 24 heavy (non-hydrogen) atoms. The van der Waals surface area contributed by atoms with Crippen LogP contribution in [0.25, 0.3) is 5.69 Å². The van der Waals surface area contributed by atoms with Crippen LogP contribution in [-0.2, 0) is 6.18 Å².